The standard InChI is InChI=1S/C16H14P.Hf/c1-12-6-2-5-9-16(12)17-15-10-13-7-3-4-8-14(13)11-15;/h2-11,17H,1H3;. The van der Waals surface area contributed by atoms with Crippen LogP contribution in [0, 0.1) is 6.92 Å². The Morgan fingerprint density at radius 3 is 2.50 bits per heavy atom. The van der Waals surface area contributed by atoms with E-state index in [0.29, 0.717) is 3.67 Å². The maximum absolute atomic E-state index is 2.41. The molecule has 0 fully saturated rings. The van der Waals surface area contributed by atoms with Gasteiger partial charge in [0.1, 0.15) is 0 Å². The van der Waals surface area contributed by atoms with Gasteiger partial charge in [0.15, 0.2) is 0 Å². The second kappa shape index (κ2) is 5.23. The van der Waals surface area contributed by atoms with Gasteiger partial charge in [0, 0.05) is 0 Å². The fraction of sp³-hybridized carbons (Fsp3) is 0.125. The van der Waals surface area contributed by atoms with Crippen molar-refractivity contribution in [3.63, 3.8) is 0 Å². The summed E-state index contributed by atoms with van der Waals surface area (Å²) in [5.74, 6) is 0. The van der Waals surface area contributed by atoms with Gasteiger partial charge < -0.3 is 0 Å². The molecule has 0 amide bonds. The van der Waals surface area contributed by atoms with Gasteiger partial charge in [-0.15, -0.1) is 0 Å². The zero-order chi connectivity index (χ0) is 12.5. The Hall–Kier alpha value is -0.520. The summed E-state index contributed by atoms with van der Waals surface area (Å²) >= 11 is 1.21. The molecule has 2 aromatic rings. The molecular formula is C16H14HfP. The molecule has 0 nitrogen and oxygen atoms in total. The van der Waals surface area contributed by atoms with Crippen LogP contribution in [0.15, 0.2) is 53.8 Å². The number of fused-ring (bicyclic) bond motifs is 1. The Balaban J connectivity index is 1.91. The Bertz CT molecular complexity index is 616. The van der Waals surface area contributed by atoms with Crippen molar-refractivity contribution in [2.24, 2.45) is 0 Å². The van der Waals surface area contributed by atoms with Crippen LogP contribution in [0.5, 0.6) is 0 Å². The zero-order valence-electron chi connectivity index (χ0n) is 10.3. The molecule has 0 heterocycles. The van der Waals surface area contributed by atoms with Crippen molar-refractivity contribution in [1.82, 2.24) is 0 Å². The molecule has 1 aliphatic carbocycles. The van der Waals surface area contributed by atoms with Gasteiger partial charge in [-0.1, -0.05) is 0 Å². The summed E-state index contributed by atoms with van der Waals surface area (Å²) < 4.78 is 0.708. The molecule has 0 aromatic heterocycles. The minimum atomic E-state index is 0.708. The summed E-state index contributed by atoms with van der Waals surface area (Å²) in [5, 5.41) is 3.12. The summed E-state index contributed by atoms with van der Waals surface area (Å²) in [6.07, 6.45) is 2.41. The first-order chi connectivity index (χ1) is 8.75. The zero-order valence-corrected chi connectivity index (χ0v) is 14.9. The van der Waals surface area contributed by atoms with E-state index in [1.165, 1.54) is 40.8 Å². The van der Waals surface area contributed by atoms with Crippen molar-refractivity contribution in [2.45, 2.75) is 10.6 Å². The Labute approximate surface area is 125 Å². The van der Waals surface area contributed by atoms with Gasteiger partial charge in [-0.25, -0.2) is 0 Å². The fourth-order valence-corrected chi connectivity index (χ4v) is 5.62. The van der Waals surface area contributed by atoms with Crippen LogP contribution >= 0.6 is 8.58 Å². The van der Waals surface area contributed by atoms with Gasteiger partial charge in [0.2, 0.25) is 0 Å². The van der Waals surface area contributed by atoms with Gasteiger partial charge in [0.25, 0.3) is 0 Å². The molecule has 0 N–H and O–H groups in total. The average molecular weight is 416 g/mol. The third-order valence-electron chi connectivity index (χ3n) is 3.35. The number of allylic oxidation sites excluding steroid dienone is 1. The molecule has 18 heavy (non-hydrogen) atoms. The number of hydrogen-bond donors (Lipinski definition) is 0. The Kier molecular flexibility index (Phi) is 3.63. The first-order valence-electron chi connectivity index (χ1n) is 6.10. The van der Waals surface area contributed by atoms with Gasteiger partial charge in [-0.2, -0.15) is 0 Å². The maximum atomic E-state index is 2.41. The van der Waals surface area contributed by atoms with Crippen LogP contribution < -0.4 is 5.30 Å². The number of benzene rings is 2. The Morgan fingerprint density at radius 2 is 1.72 bits per heavy atom. The van der Waals surface area contributed by atoms with Gasteiger partial charge in [-0.05, 0) is 0 Å². The van der Waals surface area contributed by atoms with Crippen LogP contribution in [0.4, 0.5) is 0 Å². The third-order valence-corrected chi connectivity index (χ3v) is 8.18. The summed E-state index contributed by atoms with van der Waals surface area (Å²) in [4.78, 5) is 0. The first-order valence-corrected chi connectivity index (χ1v) is 9.17. The summed E-state index contributed by atoms with van der Waals surface area (Å²) in [6, 6.07) is 17.6. The molecule has 0 bridgehead atoms. The second-order valence-corrected chi connectivity index (χ2v) is 8.04. The van der Waals surface area contributed by atoms with Crippen molar-refractivity contribution in [3.8, 4) is 0 Å². The molecule has 0 spiro atoms. The molecule has 1 aliphatic rings. The van der Waals surface area contributed by atoms with E-state index >= 15 is 0 Å². The van der Waals surface area contributed by atoms with E-state index in [0.717, 1.165) is 8.58 Å². The molecule has 0 saturated heterocycles. The van der Waals surface area contributed by atoms with Crippen LogP contribution in [-0.4, -0.2) is 0 Å². The molecule has 2 atom stereocenters. The predicted molar refractivity (Wildman–Crippen MR) is 76.3 cm³/mol. The number of aryl methyl sites for hydroxylation is 1. The van der Waals surface area contributed by atoms with Gasteiger partial charge in [-0.3, -0.25) is 0 Å². The normalized spacial score (nSPS) is 18.0. The predicted octanol–water partition coefficient (Wildman–Crippen LogP) is 3.94. The van der Waals surface area contributed by atoms with Crippen LogP contribution in [0.25, 0.3) is 6.08 Å². The fourth-order valence-electron chi connectivity index (χ4n) is 2.30. The van der Waals surface area contributed by atoms with Crippen LogP contribution in [0.1, 0.15) is 20.4 Å². The van der Waals surface area contributed by atoms with E-state index < -0.39 is 0 Å². The van der Waals surface area contributed by atoms with E-state index in [9.17, 15) is 0 Å². The number of rotatable bonds is 2. The van der Waals surface area contributed by atoms with E-state index in [2.05, 4.69) is 61.5 Å². The van der Waals surface area contributed by atoms with E-state index in [4.69, 9.17) is 0 Å². The first kappa shape index (κ1) is 12.5. The molecule has 3 rings (SSSR count). The Morgan fingerprint density at radius 1 is 1.00 bits per heavy atom. The van der Waals surface area contributed by atoms with Crippen molar-refractivity contribution in [2.75, 3.05) is 0 Å². The molecule has 2 aromatic carbocycles. The van der Waals surface area contributed by atoms with E-state index in [1.54, 1.807) is 10.9 Å². The van der Waals surface area contributed by atoms with E-state index in [1.807, 2.05) is 0 Å². The molecule has 0 aliphatic heterocycles. The summed E-state index contributed by atoms with van der Waals surface area (Å²) in [5.41, 5.74) is 4.40. The molecule has 2 heteroatoms. The SMILES string of the molecule is Cc1ccccc1PC1=Cc2ccccc2[CH]1[Hf]. The van der Waals surface area contributed by atoms with Crippen molar-refractivity contribution >= 4 is 20.0 Å². The number of hydrogen-bond acceptors (Lipinski definition) is 0. The summed E-state index contributed by atoms with van der Waals surface area (Å²) in [7, 11) is 0.829. The summed E-state index contributed by atoms with van der Waals surface area (Å²) in [6.45, 7) is 2.22. The van der Waals surface area contributed by atoms with Gasteiger partial charge in [0.05, 0.1) is 0 Å². The minimum absolute atomic E-state index is 0.708. The average Bonchev–Trinajstić information content (AvgIpc) is 2.70. The molecule has 0 saturated carbocycles. The van der Waals surface area contributed by atoms with Crippen molar-refractivity contribution in [3.05, 3.63) is 70.5 Å². The molecule has 0 radical (unpaired) electrons. The molecule has 2 unspecified atom stereocenters. The quantitative estimate of drug-likeness (QED) is 0.515. The third kappa shape index (κ3) is 2.31. The van der Waals surface area contributed by atoms with Crippen molar-refractivity contribution < 1.29 is 24.4 Å². The monoisotopic (exact) mass is 417 g/mol. The topological polar surface area (TPSA) is 0 Å². The van der Waals surface area contributed by atoms with Crippen LogP contribution in [-0.2, 0) is 24.4 Å². The van der Waals surface area contributed by atoms with Crippen LogP contribution in [0.2, 0.25) is 0 Å². The van der Waals surface area contributed by atoms with E-state index in [-0.39, 0.29) is 0 Å². The second-order valence-electron chi connectivity index (χ2n) is 4.60. The molecular weight excluding hydrogens is 402 g/mol. The van der Waals surface area contributed by atoms with Crippen molar-refractivity contribution in [1.29, 1.82) is 0 Å². The van der Waals surface area contributed by atoms with Crippen LogP contribution in [0.3, 0.4) is 0 Å². The van der Waals surface area contributed by atoms with Gasteiger partial charge >= 0.3 is 125 Å². The molecule has 87 valence electrons.